The molecule has 2 amide bonds. The first-order chi connectivity index (χ1) is 11.1. The molecule has 0 aromatic heterocycles. The summed E-state index contributed by atoms with van der Waals surface area (Å²) >= 11 is 0. The fourth-order valence-corrected chi connectivity index (χ4v) is 3.07. The Morgan fingerprint density at radius 2 is 2.09 bits per heavy atom. The van der Waals surface area contributed by atoms with Crippen LogP contribution in [0.4, 0.5) is 0 Å². The maximum Gasteiger partial charge on any atom is 0.242 e. The summed E-state index contributed by atoms with van der Waals surface area (Å²) in [6.45, 7) is 4.17. The lowest BCUT2D eigenvalue weighted by atomic mass is 10.1. The SMILES string of the molecule is Cc1cccc(OC2CN(C(=O)CN3CCCCCC3=O)C2)c1. The Hall–Kier alpha value is -2.04. The fraction of sp³-hybridized carbons (Fsp3) is 0.556. The van der Waals surface area contributed by atoms with Crippen LogP contribution < -0.4 is 4.74 Å². The van der Waals surface area contributed by atoms with Crippen LogP contribution in [0.5, 0.6) is 5.75 Å². The largest absolute Gasteiger partial charge is 0.487 e. The van der Waals surface area contributed by atoms with Crippen LogP contribution in [0.3, 0.4) is 0 Å². The molecule has 1 aromatic rings. The monoisotopic (exact) mass is 316 g/mol. The molecule has 0 bridgehead atoms. The van der Waals surface area contributed by atoms with Crippen LogP contribution in [-0.2, 0) is 9.59 Å². The first-order valence-electron chi connectivity index (χ1n) is 8.41. The second-order valence-corrected chi connectivity index (χ2v) is 6.48. The average molecular weight is 316 g/mol. The fourth-order valence-electron chi connectivity index (χ4n) is 3.07. The molecular weight excluding hydrogens is 292 g/mol. The zero-order valence-corrected chi connectivity index (χ0v) is 13.7. The Morgan fingerprint density at radius 3 is 2.87 bits per heavy atom. The number of benzene rings is 1. The predicted molar refractivity (Wildman–Crippen MR) is 87.2 cm³/mol. The molecule has 0 spiro atoms. The van der Waals surface area contributed by atoms with Crippen molar-refractivity contribution in [3.8, 4) is 5.75 Å². The van der Waals surface area contributed by atoms with Gasteiger partial charge < -0.3 is 14.5 Å². The van der Waals surface area contributed by atoms with Gasteiger partial charge in [0.1, 0.15) is 11.9 Å². The number of nitrogens with zero attached hydrogens (tertiary/aromatic N) is 2. The number of aryl methyl sites for hydroxylation is 1. The molecule has 2 saturated heterocycles. The Balaban J connectivity index is 1.45. The molecule has 2 fully saturated rings. The normalized spacial score (nSPS) is 19.3. The number of carbonyl (C=O) groups excluding carboxylic acids is 2. The Bertz CT molecular complexity index is 581. The van der Waals surface area contributed by atoms with Crippen molar-refractivity contribution in [1.82, 2.24) is 9.80 Å². The molecule has 2 aliphatic rings. The van der Waals surface area contributed by atoms with Crippen LogP contribution in [0.25, 0.3) is 0 Å². The molecule has 0 N–H and O–H groups in total. The number of hydrogen-bond donors (Lipinski definition) is 0. The number of carbonyl (C=O) groups is 2. The Labute approximate surface area is 137 Å². The topological polar surface area (TPSA) is 49.9 Å². The van der Waals surface area contributed by atoms with E-state index in [4.69, 9.17) is 4.74 Å². The van der Waals surface area contributed by atoms with Crippen molar-refractivity contribution in [2.24, 2.45) is 0 Å². The van der Waals surface area contributed by atoms with Gasteiger partial charge >= 0.3 is 0 Å². The first kappa shape index (κ1) is 15.8. The highest BCUT2D eigenvalue weighted by Crippen LogP contribution is 2.20. The van der Waals surface area contributed by atoms with E-state index >= 15 is 0 Å². The molecule has 2 aliphatic heterocycles. The lowest BCUT2D eigenvalue weighted by molar-refractivity contribution is -0.146. The van der Waals surface area contributed by atoms with Gasteiger partial charge in [0.15, 0.2) is 0 Å². The first-order valence-corrected chi connectivity index (χ1v) is 8.41. The van der Waals surface area contributed by atoms with Gasteiger partial charge in [0, 0.05) is 13.0 Å². The highest BCUT2D eigenvalue weighted by Gasteiger charge is 2.33. The van der Waals surface area contributed by atoms with Crippen LogP contribution in [0.2, 0.25) is 0 Å². The van der Waals surface area contributed by atoms with Crippen molar-refractivity contribution in [3.63, 3.8) is 0 Å². The lowest BCUT2D eigenvalue weighted by Crippen LogP contribution is -2.58. The summed E-state index contributed by atoms with van der Waals surface area (Å²) in [6.07, 6.45) is 3.65. The van der Waals surface area contributed by atoms with Crippen molar-refractivity contribution in [2.75, 3.05) is 26.2 Å². The number of amides is 2. The molecule has 0 unspecified atom stereocenters. The van der Waals surface area contributed by atoms with Gasteiger partial charge in [-0.3, -0.25) is 9.59 Å². The van der Waals surface area contributed by atoms with Crippen LogP contribution >= 0.6 is 0 Å². The number of hydrogen-bond acceptors (Lipinski definition) is 3. The second-order valence-electron chi connectivity index (χ2n) is 6.48. The minimum absolute atomic E-state index is 0.0318. The van der Waals surface area contributed by atoms with Gasteiger partial charge in [0.25, 0.3) is 0 Å². The van der Waals surface area contributed by atoms with Gasteiger partial charge in [-0.2, -0.15) is 0 Å². The zero-order chi connectivity index (χ0) is 16.2. The molecule has 3 rings (SSSR count). The number of rotatable bonds is 4. The molecule has 0 saturated carbocycles. The van der Waals surface area contributed by atoms with Crippen molar-refractivity contribution >= 4 is 11.8 Å². The van der Waals surface area contributed by atoms with Crippen LogP contribution in [0.1, 0.15) is 31.2 Å². The summed E-state index contributed by atoms with van der Waals surface area (Å²) in [7, 11) is 0. The summed E-state index contributed by atoms with van der Waals surface area (Å²) in [5, 5.41) is 0. The van der Waals surface area contributed by atoms with Gasteiger partial charge in [-0.25, -0.2) is 0 Å². The summed E-state index contributed by atoms with van der Waals surface area (Å²) in [6, 6.07) is 7.94. The van der Waals surface area contributed by atoms with Crippen molar-refractivity contribution < 1.29 is 14.3 Å². The third-order valence-corrected chi connectivity index (χ3v) is 4.49. The summed E-state index contributed by atoms with van der Waals surface area (Å²) in [5.41, 5.74) is 1.16. The lowest BCUT2D eigenvalue weighted by Gasteiger charge is -2.40. The van der Waals surface area contributed by atoms with E-state index in [1.807, 2.05) is 31.2 Å². The van der Waals surface area contributed by atoms with E-state index in [0.717, 1.165) is 30.6 Å². The Kier molecular flexibility index (Phi) is 4.84. The van der Waals surface area contributed by atoms with Crippen molar-refractivity contribution in [2.45, 2.75) is 38.7 Å². The molecule has 23 heavy (non-hydrogen) atoms. The van der Waals surface area contributed by atoms with E-state index in [9.17, 15) is 9.59 Å². The molecule has 5 heteroatoms. The van der Waals surface area contributed by atoms with Gasteiger partial charge in [-0.1, -0.05) is 18.6 Å². The summed E-state index contributed by atoms with van der Waals surface area (Å²) in [5.74, 6) is 0.998. The molecule has 2 heterocycles. The summed E-state index contributed by atoms with van der Waals surface area (Å²) < 4.78 is 5.87. The average Bonchev–Trinajstić information content (AvgIpc) is 2.67. The molecule has 124 valence electrons. The van der Waals surface area contributed by atoms with Gasteiger partial charge in [0.2, 0.25) is 11.8 Å². The molecule has 1 aromatic carbocycles. The maximum absolute atomic E-state index is 12.3. The smallest absolute Gasteiger partial charge is 0.242 e. The van der Waals surface area contributed by atoms with E-state index in [1.54, 1.807) is 9.80 Å². The molecular formula is C18H24N2O3. The minimum Gasteiger partial charge on any atom is -0.487 e. The highest BCUT2D eigenvalue weighted by atomic mass is 16.5. The quantitative estimate of drug-likeness (QED) is 0.853. The van der Waals surface area contributed by atoms with E-state index in [0.29, 0.717) is 26.1 Å². The van der Waals surface area contributed by atoms with Gasteiger partial charge in [-0.15, -0.1) is 0 Å². The van der Waals surface area contributed by atoms with E-state index < -0.39 is 0 Å². The van der Waals surface area contributed by atoms with E-state index in [1.165, 1.54) is 0 Å². The predicted octanol–water partition coefficient (Wildman–Crippen LogP) is 1.99. The van der Waals surface area contributed by atoms with E-state index in [-0.39, 0.29) is 24.5 Å². The van der Waals surface area contributed by atoms with Crippen molar-refractivity contribution in [1.29, 1.82) is 0 Å². The third-order valence-electron chi connectivity index (χ3n) is 4.49. The van der Waals surface area contributed by atoms with Crippen LogP contribution in [-0.4, -0.2) is 53.9 Å². The molecule has 5 nitrogen and oxygen atoms in total. The number of ether oxygens (including phenoxy) is 1. The van der Waals surface area contributed by atoms with Gasteiger partial charge in [-0.05, 0) is 37.5 Å². The second kappa shape index (κ2) is 7.02. The molecule has 0 radical (unpaired) electrons. The zero-order valence-electron chi connectivity index (χ0n) is 13.7. The van der Waals surface area contributed by atoms with E-state index in [2.05, 4.69) is 0 Å². The van der Waals surface area contributed by atoms with Crippen LogP contribution in [0.15, 0.2) is 24.3 Å². The third kappa shape index (κ3) is 4.03. The maximum atomic E-state index is 12.3. The van der Waals surface area contributed by atoms with Gasteiger partial charge in [0.05, 0.1) is 19.6 Å². The minimum atomic E-state index is 0.0318. The highest BCUT2D eigenvalue weighted by molar-refractivity contribution is 5.85. The standard InChI is InChI=1S/C18H24N2O3/c1-14-6-5-7-15(10-14)23-16-11-20(12-16)18(22)13-19-9-4-2-3-8-17(19)21/h5-7,10,16H,2-4,8-9,11-13H2,1H3. The van der Waals surface area contributed by atoms with Crippen LogP contribution in [0, 0.1) is 6.92 Å². The molecule has 0 aliphatic carbocycles. The van der Waals surface area contributed by atoms with Crippen molar-refractivity contribution in [3.05, 3.63) is 29.8 Å². The number of likely N-dealkylation sites (tertiary alicyclic amines) is 2. The Morgan fingerprint density at radius 1 is 1.26 bits per heavy atom. The summed E-state index contributed by atoms with van der Waals surface area (Å²) in [4.78, 5) is 27.7. The molecule has 0 atom stereocenters.